The number of fused-ring (bicyclic) bond motifs is 1. The second kappa shape index (κ2) is 9.45. The first-order chi connectivity index (χ1) is 15.9. The average molecular weight is 465 g/mol. The fraction of sp³-hybridized carbons (Fsp3) is 0.0909. The molecular weight excluding hydrogens is 448 g/mol. The van der Waals surface area contributed by atoms with Crippen LogP contribution < -0.4 is 20.9 Å². The number of amides is 2. The second-order valence-electron chi connectivity index (χ2n) is 6.83. The Morgan fingerprint density at radius 1 is 1.12 bits per heavy atom. The largest absolute Gasteiger partial charge is 0.467 e. The third-order valence-corrected chi connectivity index (χ3v) is 4.96. The van der Waals surface area contributed by atoms with Crippen LogP contribution in [0, 0.1) is 0 Å². The normalized spacial score (nSPS) is 10.6. The third-order valence-electron chi connectivity index (χ3n) is 4.63. The molecule has 166 valence electrons. The summed E-state index contributed by atoms with van der Waals surface area (Å²) < 4.78 is 4.93. The van der Waals surface area contributed by atoms with Crippen molar-refractivity contribution in [3.63, 3.8) is 0 Å². The molecule has 4 rings (SSSR count). The summed E-state index contributed by atoms with van der Waals surface area (Å²) in [5.74, 6) is -1.08. The Hall–Kier alpha value is -4.31. The Morgan fingerprint density at radius 2 is 1.97 bits per heavy atom. The number of rotatable bonds is 6. The number of ether oxygens (including phenoxy) is 1. The quantitative estimate of drug-likeness (QED) is 0.398. The van der Waals surface area contributed by atoms with Crippen LogP contribution >= 0.6 is 11.6 Å². The lowest BCUT2D eigenvalue weighted by atomic mass is 10.1. The number of anilines is 1. The van der Waals surface area contributed by atoms with Gasteiger partial charge in [-0.25, -0.2) is 4.98 Å². The van der Waals surface area contributed by atoms with Crippen LogP contribution in [0.1, 0.15) is 26.4 Å². The van der Waals surface area contributed by atoms with Gasteiger partial charge in [0.05, 0.1) is 30.1 Å². The van der Waals surface area contributed by atoms with Crippen LogP contribution in [0.3, 0.4) is 0 Å². The fourth-order valence-electron chi connectivity index (χ4n) is 2.97. The molecule has 10 nitrogen and oxygen atoms in total. The Morgan fingerprint density at radius 3 is 2.73 bits per heavy atom. The molecule has 0 aliphatic heterocycles. The van der Waals surface area contributed by atoms with E-state index in [1.54, 1.807) is 18.3 Å². The molecule has 0 unspecified atom stereocenters. The molecular formula is C22H17ClN6O4. The molecule has 0 radical (unpaired) electrons. The van der Waals surface area contributed by atoms with Gasteiger partial charge in [0.15, 0.2) is 0 Å². The highest BCUT2D eigenvalue weighted by Gasteiger charge is 2.16. The summed E-state index contributed by atoms with van der Waals surface area (Å²) in [5, 5.41) is 5.97. The van der Waals surface area contributed by atoms with Gasteiger partial charge in [0.25, 0.3) is 17.4 Å². The number of methoxy groups -OCH3 is 1. The molecule has 3 N–H and O–H groups in total. The summed E-state index contributed by atoms with van der Waals surface area (Å²) in [5.41, 5.74) is 0.563. The minimum absolute atomic E-state index is 0.0836. The molecule has 0 fully saturated rings. The Labute approximate surface area is 192 Å². The number of hydrogen-bond acceptors (Lipinski definition) is 7. The zero-order valence-electron chi connectivity index (χ0n) is 17.3. The molecule has 11 heteroatoms. The predicted molar refractivity (Wildman–Crippen MR) is 122 cm³/mol. The first-order valence-electron chi connectivity index (χ1n) is 9.67. The zero-order valence-corrected chi connectivity index (χ0v) is 18.0. The highest BCUT2D eigenvalue weighted by Crippen LogP contribution is 2.24. The number of hydrogen-bond donors (Lipinski definition) is 3. The molecule has 0 saturated carbocycles. The van der Waals surface area contributed by atoms with Crippen LogP contribution in [-0.4, -0.2) is 38.9 Å². The number of pyridine rings is 2. The van der Waals surface area contributed by atoms with Crippen LogP contribution in [0.5, 0.6) is 6.01 Å². The zero-order chi connectivity index (χ0) is 23.4. The predicted octanol–water partition coefficient (Wildman–Crippen LogP) is 2.56. The molecule has 0 atom stereocenters. The minimum Gasteiger partial charge on any atom is -0.467 e. The molecule has 0 aliphatic carbocycles. The first-order valence-corrected chi connectivity index (χ1v) is 10.1. The van der Waals surface area contributed by atoms with E-state index in [-0.39, 0.29) is 45.9 Å². The molecule has 0 spiro atoms. The van der Waals surface area contributed by atoms with Crippen molar-refractivity contribution < 1.29 is 14.3 Å². The van der Waals surface area contributed by atoms with Gasteiger partial charge in [-0.3, -0.25) is 19.4 Å². The number of H-pyrrole nitrogens is 1. The van der Waals surface area contributed by atoms with Crippen molar-refractivity contribution in [1.29, 1.82) is 0 Å². The van der Waals surface area contributed by atoms with Crippen LogP contribution in [0.4, 0.5) is 5.69 Å². The van der Waals surface area contributed by atoms with Crippen molar-refractivity contribution in [3.05, 3.63) is 87.1 Å². The monoisotopic (exact) mass is 464 g/mol. The molecule has 2 amide bonds. The maximum absolute atomic E-state index is 12.8. The average Bonchev–Trinajstić information content (AvgIpc) is 2.83. The molecule has 0 saturated heterocycles. The summed E-state index contributed by atoms with van der Waals surface area (Å²) >= 11 is 6.20. The Balaban J connectivity index is 1.53. The Kier molecular flexibility index (Phi) is 6.27. The van der Waals surface area contributed by atoms with Crippen molar-refractivity contribution in [1.82, 2.24) is 25.3 Å². The van der Waals surface area contributed by atoms with Gasteiger partial charge in [0, 0.05) is 23.3 Å². The number of carbonyl (C=O) groups excluding carboxylic acids is 2. The summed E-state index contributed by atoms with van der Waals surface area (Å²) in [4.78, 5) is 52.4. The first kappa shape index (κ1) is 21.9. The van der Waals surface area contributed by atoms with Crippen molar-refractivity contribution in [2.24, 2.45) is 0 Å². The number of nitrogens with zero attached hydrogens (tertiary/aromatic N) is 3. The number of nitrogens with one attached hydrogen (secondary N) is 3. The van der Waals surface area contributed by atoms with E-state index in [9.17, 15) is 14.4 Å². The van der Waals surface area contributed by atoms with Crippen molar-refractivity contribution in [3.8, 4) is 6.01 Å². The van der Waals surface area contributed by atoms with Gasteiger partial charge >= 0.3 is 6.01 Å². The lowest BCUT2D eigenvalue weighted by molar-refractivity contribution is 0.0949. The molecule has 4 aromatic rings. The third kappa shape index (κ3) is 4.96. The standard InChI is InChI=1S/C22H17ClN6O4/c1-33-22-26-10-13-8-15(21(32)28-18(13)29-22)20(31)27-17-9-12(5-6-16(17)23)19(30)25-11-14-4-2-3-7-24-14/h2-10H,11H2,1H3,(H,25,30)(H,27,31)(H,26,28,29,32). The smallest absolute Gasteiger partial charge is 0.318 e. The van der Waals surface area contributed by atoms with Gasteiger partial charge in [-0.15, -0.1) is 0 Å². The van der Waals surface area contributed by atoms with E-state index < -0.39 is 11.5 Å². The van der Waals surface area contributed by atoms with Crippen molar-refractivity contribution >= 4 is 40.1 Å². The fourth-order valence-corrected chi connectivity index (χ4v) is 3.14. The molecule has 3 heterocycles. The van der Waals surface area contributed by atoms with Gasteiger partial charge in [-0.05, 0) is 36.4 Å². The van der Waals surface area contributed by atoms with Crippen molar-refractivity contribution in [2.75, 3.05) is 12.4 Å². The summed E-state index contributed by atoms with van der Waals surface area (Å²) in [7, 11) is 1.40. The maximum atomic E-state index is 12.8. The Bertz CT molecular complexity index is 1410. The van der Waals surface area contributed by atoms with E-state index in [4.69, 9.17) is 16.3 Å². The number of aromatic nitrogens is 4. The minimum atomic E-state index is -0.707. The molecule has 33 heavy (non-hydrogen) atoms. The van der Waals surface area contributed by atoms with E-state index in [0.29, 0.717) is 11.1 Å². The van der Waals surface area contributed by atoms with Crippen LogP contribution in [-0.2, 0) is 6.54 Å². The van der Waals surface area contributed by atoms with Gasteiger partial charge in [-0.2, -0.15) is 4.98 Å². The van der Waals surface area contributed by atoms with E-state index in [1.165, 1.54) is 37.6 Å². The lowest BCUT2D eigenvalue weighted by Gasteiger charge is -2.10. The van der Waals surface area contributed by atoms with Crippen LogP contribution in [0.25, 0.3) is 11.0 Å². The van der Waals surface area contributed by atoms with Gasteiger partial charge in [0.1, 0.15) is 11.2 Å². The topological polar surface area (TPSA) is 139 Å². The molecule has 1 aromatic carbocycles. The van der Waals surface area contributed by atoms with Gasteiger partial charge in [0.2, 0.25) is 0 Å². The van der Waals surface area contributed by atoms with Crippen molar-refractivity contribution in [2.45, 2.75) is 6.54 Å². The van der Waals surface area contributed by atoms with Gasteiger partial charge in [-0.1, -0.05) is 17.7 Å². The molecule has 3 aromatic heterocycles. The number of benzene rings is 1. The number of halogens is 1. The highest BCUT2D eigenvalue weighted by molar-refractivity contribution is 6.34. The van der Waals surface area contributed by atoms with E-state index in [1.807, 2.05) is 6.07 Å². The lowest BCUT2D eigenvalue weighted by Crippen LogP contribution is -2.25. The van der Waals surface area contributed by atoms with Gasteiger partial charge < -0.3 is 20.4 Å². The second-order valence-corrected chi connectivity index (χ2v) is 7.23. The molecule has 0 aliphatic rings. The SMILES string of the molecule is COc1ncc2cc(C(=O)Nc3cc(C(=O)NCc4ccccn4)ccc3Cl)c(=O)[nH]c2n1. The summed E-state index contributed by atoms with van der Waals surface area (Å²) in [6, 6.07) is 11.3. The number of carbonyl (C=O) groups is 2. The van der Waals surface area contributed by atoms with Crippen LogP contribution in [0.15, 0.2) is 59.7 Å². The number of aromatic amines is 1. The summed E-state index contributed by atoms with van der Waals surface area (Å²) in [6.45, 7) is 0.239. The van der Waals surface area contributed by atoms with E-state index in [0.717, 1.165) is 0 Å². The molecule has 0 bridgehead atoms. The van der Waals surface area contributed by atoms with E-state index >= 15 is 0 Å². The van der Waals surface area contributed by atoms with E-state index in [2.05, 4.69) is 30.6 Å². The summed E-state index contributed by atoms with van der Waals surface area (Å²) in [6.07, 6.45) is 3.06. The van der Waals surface area contributed by atoms with Crippen LogP contribution in [0.2, 0.25) is 5.02 Å². The maximum Gasteiger partial charge on any atom is 0.318 e. The highest BCUT2D eigenvalue weighted by atomic mass is 35.5.